The summed E-state index contributed by atoms with van der Waals surface area (Å²) in [5.41, 5.74) is 6.25. The van der Waals surface area contributed by atoms with Gasteiger partial charge < -0.3 is 39.9 Å². The van der Waals surface area contributed by atoms with Gasteiger partial charge >= 0.3 is 19.1 Å². The lowest BCUT2D eigenvalue weighted by molar-refractivity contribution is -0.175. The highest BCUT2D eigenvalue weighted by atomic mass is 16.7. The van der Waals surface area contributed by atoms with Crippen LogP contribution in [0.2, 0.25) is 0 Å². The topological polar surface area (TPSA) is 160 Å². The van der Waals surface area contributed by atoms with Crippen LogP contribution in [0.4, 0.5) is 0 Å². The van der Waals surface area contributed by atoms with Crippen LogP contribution in [0.25, 0.3) is 0 Å². The fourth-order valence-corrected chi connectivity index (χ4v) is 3.81. The molecule has 13 nitrogen and oxygen atoms in total. The van der Waals surface area contributed by atoms with Gasteiger partial charge in [0.2, 0.25) is 12.7 Å². The largest absolute Gasteiger partial charge is 0.547 e. The Bertz CT molecular complexity index is 1050. The van der Waals surface area contributed by atoms with E-state index in [1.54, 1.807) is 44.1 Å². The molecule has 1 aromatic rings. The third kappa shape index (κ3) is 7.84. The second-order valence-corrected chi connectivity index (χ2v) is 9.66. The van der Waals surface area contributed by atoms with Crippen LogP contribution in [0.5, 0.6) is 5.75 Å². The van der Waals surface area contributed by atoms with Crippen LogP contribution in [-0.4, -0.2) is 79.1 Å². The van der Waals surface area contributed by atoms with Gasteiger partial charge in [0.05, 0.1) is 11.6 Å². The maximum Gasteiger partial charge on any atom is 0.547 e. The van der Waals surface area contributed by atoms with Gasteiger partial charge in [-0.15, -0.1) is 5.53 Å². The van der Waals surface area contributed by atoms with Gasteiger partial charge in [0.15, 0.2) is 5.60 Å². The number of nitrogens with zero attached hydrogens (tertiary/aromatic N) is 1. The monoisotopic (exact) mass is 533 g/mol. The zero-order valence-electron chi connectivity index (χ0n) is 22.3. The number of hydrogen-bond acceptors (Lipinski definition) is 12. The zero-order chi connectivity index (χ0) is 27.9. The van der Waals surface area contributed by atoms with E-state index in [1.165, 1.54) is 6.07 Å². The smallest absolute Gasteiger partial charge is 0.534 e. The van der Waals surface area contributed by atoms with E-state index in [2.05, 4.69) is 21.6 Å². The summed E-state index contributed by atoms with van der Waals surface area (Å²) in [6.07, 6.45) is 2.01. The molecule has 0 spiro atoms. The third-order valence-corrected chi connectivity index (χ3v) is 5.75. The molecule has 0 unspecified atom stereocenters. The Labute approximate surface area is 222 Å². The molecule has 0 fully saturated rings. The normalized spacial score (nSPS) is 16.8. The van der Waals surface area contributed by atoms with Crippen molar-refractivity contribution in [2.75, 3.05) is 26.5 Å². The first-order valence-electron chi connectivity index (χ1n) is 12.5. The summed E-state index contributed by atoms with van der Waals surface area (Å²) >= 11 is 0. The Balaban J connectivity index is 1.54. The molecule has 0 saturated heterocycles. The lowest BCUT2D eigenvalue weighted by Crippen LogP contribution is -2.55. The Morgan fingerprint density at radius 2 is 2.05 bits per heavy atom. The standard InChI is InChI=1S/C24H36BN5O8/c1-6-37-24(4,5)23(33)36-14-35-22(32)18-9-7-8-16-10-19(25(34)38-21(16)18)27-20(31)13-30-12-17(28-29-30)11-26-15(2)3/h7-9,12,15,19,26,28-29,34H,6,10-11,13-14H2,1-5H3,(H,27,31)/t19-/m0/s1. The van der Waals surface area contributed by atoms with Gasteiger partial charge in [0.25, 0.3) is 0 Å². The van der Waals surface area contributed by atoms with Crippen LogP contribution in [0, 0.1) is 0 Å². The molecule has 0 aliphatic carbocycles. The average molecular weight is 533 g/mol. The summed E-state index contributed by atoms with van der Waals surface area (Å²) in [4.78, 5) is 37.3. The molecule has 0 bridgehead atoms. The number of nitrogens with one attached hydrogen (secondary N) is 4. The predicted octanol–water partition coefficient (Wildman–Crippen LogP) is -0.237. The third-order valence-electron chi connectivity index (χ3n) is 5.75. The molecule has 0 aromatic heterocycles. The van der Waals surface area contributed by atoms with Gasteiger partial charge in [0.1, 0.15) is 17.9 Å². The van der Waals surface area contributed by atoms with E-state index >= 15 is 0 Å². The van der Waals surface area contributed by atoms with Crippen molar-refractivity contribution in [1.82, 2.24) is 26.6 Å². The highest BCUT2D eigenvalue weighted by molar-refractivity contribution is 6.47. The molecule has 2 aliphatic heterocycles. The van der Waals surface area contributed by atoms with Crippen molar-refractivity contribution < 1.29 is 38.3 Å². The van der Waals surface area contributed by atoms with Crippen molar-refractivity contribution in [3.63, 3.8) is 0 Å². The highest BCUT2D eigenvalue weighted by Crippen LogP contribution is 2.30. The summed E-state index contributed by atoms with van der Waals surface area (Å²) < 4.78 is 21.0. The SMILES string of the molecule is CCOC(C)(C)C(=O)OCOC(=O)c1cccc2c1OB(O)[C@@H](NC(=O)CN1C=C(CNC(C)C)NN1)C2. The van der Waals surface area contributed by atoms with Gasteiger partial charge in [-0.05, 0) is 38.8 Å². The fraction of sp³-hybridized carbons (Fsp3) is 0.542. The van der Waals surface area contributed by atoms with Crippen LogP contribution in [0.15, 0.2) is 30.1 Å². The van der Waals surface area contributed by atoms with Crippen molar-refractivity contribution in [3.05, 3.63) is 41.2 Å². The molecule has 1 aromatic carbocycles. The zero-order valence-corrected chi connectivity index (χ0v) is 22.3. The lowest BCUT2D eigenvalue weighted by atomic mass is 9.72. The molecule has 14 heteroatoms. The number of benzene rings is 1. The molecule has 1 atom stereocenters. The quantitative estimate of drug-likeness (QED) is 0.137. The molecule has 2 heterocycles. The number of para-hydroxylation sites is 1. The highest BCUT2D eigenvalue weighted by Gasteiger charge is 2.38. The van der Waals surface area contributed by atoms with Crippen molar-refractivity contribution in [2.45, 2.75) is 58.6 Å². The van der Waals surface area contributed by atoms with Crippen molar-refractivity contribution in [3.8, 4) is 5.75 Å². The number of carbonyl (C=O) groups is 3. The minimum absolute atomic E-state index is 0.000552. The van der Waals surface area contributed by atoms with Gasteiger partial charge in [-0.25, -0.2) is 9.59 Å². The molecule has 1 amide bonds. The average Bonchev–Trinajstić information content (AvgIpc) is 3.29. The Morgan fingerprint density at radius 1 is 1.29 bits per heavy atom. The van der Waals surface area contributed by atoms with Gasteiger partial charge in [-0.2, -0.15) is 0 Å². The molecule has 0 saturated carbocycles. The number of esters is 2. The van der Waals surface area contributed by atoms with E-state index < -0.39 is 37.4 Å². The van der Waals surface area contributed by atoms with Crippen LogP contribution in [-0.2, 0) is 30.2 Å². The molecule has 38 heavy (non-hydrogen) atoms. The summed E-state index contributed by atoms with van der Waals surface area (Å²) in [6, 6.07) is 5.16. The predicted molar refractivity (Wildman–Crippen MR) is 137 cm³/mol. The van der Waals surface area contributed by atoms with E-state index in [0.29, 0.717) is 24.8 Å². The van der Waals surface area contributed by atoms with E-state index in [1.807, 2.05) is 13.8 Å². The number of amides is 1. The second kappa shape index (κ2) is 13.0. The number of rotatable bonds is 12. The maximum absolute atomic E-state index is 12.6. The number of fused-ring (bicyclic) bond motifs is 1. The Kier molecular flexibility index (Phi) is 9.97. The minimum atomic E-state index is -1.39. The van der Waals surface area contributed by atoms with Crippen LogP contribution in [0.1, 0.15) is 50.5 Å². The molecule has 5 N–H and O–H groups in total. The summed E-state index contributed by atoms with van der Waals surface area (Å²) in [7, 11) is -1.39. The number of hydrogen-bond donors (Lipinski definition) is 5. The van der Waals surface area contributed by atoms with Gasteiger partial charge in [-0.1, -0.05) is 26.0 Å². The molecular weight excluding hydrogens is 497 g/mol. The van der Waals surface area contributed by atoms with Crippen LogP contribution in [0.3, 0.4) is 0 Å². The van der Waals surface area contributed by atoms with Crippen LogP contribution < -0.4 is 26.2 Å². The number of carbonyl (C=O) groups excluding carboxylic acids is 3. The lowest BCUT2D eigenvalue weighted by Gasteiger charge is -2.29. The molecule has 2 aliphatic rings. The van der Waals surface area contributed by atoms with Gasteiger partial charge in [0, 0.05) is 25.4 Å². The van der Waals surface area contributed by atoms with Crippen LogP contribution >= 0.6 is 0 Å². The number of hydrazine groups is 2. The van der Waals surface area contributed by atoms with Crippen molar-refractivity contribution in [2.24, 2.45) is 0 Å². The van der Waals surface area contributed by atoms with Crippen molar-refractivity contribution >= 4 is 25.0 Å². The minimum Gasteiger partial charge on any atom is -0.534 e. The van der Waals surface area contributed by atoms with Crippen molar-refractivity contribution in [1.29, 1.82) is 0 Å². The molecule has 3 rings (SSSR count). The van der Waals surface area contributed by atoms with E-state index in [-0.39, 0.29) is 30.2 Å². The van der Waals surface area contributed by atoms with E-state index in [9.17, 15) is 19.4 Å². The Hall–Kier alpha value is -3.33. The maximum atomic E-state index is 12.6. The first-order valence-corrected chi connectivity index (χ1v) is 12.5. The summed E-state index contributed by atoms with van der Waals surface area (Å²) in [5.74, 6) is -2.39. The number of ether oxygens (including phenoxy) is 3. The fourth-order valence-electron chi connectivity index (χ4n) is 3.81. The first-order chi connectivity index (χ1) is 18.0. The molecular formula is C24H36BN5O8. The van der Waals surface area contributed by atoms with E-state index in [0.717, 1.165) is 5.70 Å². The second-order valence-electron chi connectivity index (χ2n) is 9.66. The molecule has 0 radical (unpaired) electrons. The summed E-state index contributed by atoms with van der Waals surface area (Å²) in [6.45, 7) is 9.26. The molecule has 208 valence electrons. The van der Waals surface area contributed by atoms with Gasteiger partial charge in [-0.3, -0.25) is 9.80 Å². The summed E-state index contributed by atoms with van der Waals surface area (Å²) in [5, 5.41) is 18.2. The Morgan fingerprint density at radius 3 is 2.76 bits per heavy atom. The van der Waals surface area contributed by atoms with E-state index in [4.69, 9.17) is 18.9 Å². The first kappa shape index (κ1) is 29.2.